The summed E-state index contributed by atoms with van der Waals surface area (Å²) in [7, 11) is 3.44. The Morgan fingerprint density at radius 3 is 2.04 bits per heavy atom. The highest BCUT2D eigenvalue weighted by molar-refractivity contribution is 5.59. The van der Waals surface area contributed by atoms with E-state index in [2.05, 4.69) is 66.7 Å². The Bertz CT molecular complexity index is 977. The summed E-state index contributed by atoms with van der Waals surface area (Å²) >= 11 is 0. The highest BCUT2D eigenvalue weighted by Crippen LogP contribution is 2.58. The summed E-state index contributed by atoms with van der Waals surface area (Å²) in [5.41, 5.74) is 7.18. The van der Waals surface area contributed by atoms with Crippen molar-refractivity contribution in [2.24, 2.45) is 5.92 Å². The minimum Gasteiger partial charge on any atom is -0.493 e. The van der Waals surface area contributed by atoms with Gasteiger partial charge in [0.1, 0.15) is 0 Å². The normalized spacial score (nSPS) is 22.5. The summed E-state index contributed by atoms with van der Waals surface area (Å²) in [6.07, 6.45) is 2.36. The molecule has 0 saturated carbocycles. The maximum absolute atomic E-state index is 5.65. The van der Waals surface area contributed by atoms with Crippen LogP contribution in [-0.4, -0.2) is 14.2 Å². The van der Waals surface area contributed by atoms with Gasteiger partial charge in [-0.05, 0) is 58.7 Å². The van der Waals surface area contributed by atoms with Crippen molar-refractivity contribution >= 4 is 0 Å². The third-order valence-corrected chi connectivity index (χ3v) is 6.41. The molecule has 3 atom stereocenters. The maximum atomic E-state index is 5.65. The lowest BCUT2D eigenvalue weighted by Gasteiger charge is -2.32. The van der Waals surface area contributed by atoms with E-state index in [9.17, 15) is 0 Å². The first-order chi connectivity index (χ1) is 13.3. The van der Waals surface area contributed by atoms with Gasteiger partial charge in [0.05, 0.1) is 14.2 Å². The highest BCUT2D eigenvalue weighted by Gasteiger charge is 2.45. The van der Waals surface area contributed by atoms with Crippen molar-refractivity contribution in [3.8, 4) is 11.5 Å². The van der Waals surface area contributed by atoms with Crippen molar-refractivity contribution in [3.05, 3.63) is 94.5 Å². The van der Waals surface area contributed by atoms with E-state index in [0.717, 1.165) is 17.9 Å². The molecule has 0 spiro atoms. The Kier molecular flexibility index (Phi) is 3.93. The van der Waals surface area contributed by atoms with Crippen LogP contribution < -0.4 is 9.47 Å². The van der Waals surface area contributed by atoms with Gasteiger partial charge in [0, 0.05) is 11.8 Å². The molecule has 0 aliphatic heterocycles. The van der Waals surface area contributed by atoms with E-state index in [1.807, 2.05) is 0 Å². The molecule has 3 aromatic carbocycles. The number of aryl methyl sites for hydroxylation is 1. The van der Waals surface area contributed by atoms with Gasteiger partial charge in [0.15, 0.2) is 11.5 Å². The standard InChI is InChI=1S/C25H24O2/c1-26-22-14-20-21(15-23(22)27-2)25-18-11-7-6-8-16(18)12-13-19(25)24(20)17-9-4-3-5-10-17/h3-11,14-15,19,24-25H,12-13H2,1-2H3/t19-,24-,25-/m0/s1. The molecule has 0 amide bonds. The molecule has 0 bridgehead atoms. The molecule has 0 radical (unpaired) electrons. The molecule has 0 fully saturated rings. The Balaban J connectivity index is 1.75. The van der Waals surface area contributed by atoms with Crippen molar-refractivity contribution in [2.45, 2.75) is 24.7 Å². The number of hydrogen-bond donors (Lipinski definition) is 0. The summed E-state index contributed by atoms with van der Waals surface area (Å²) in [6, 6.07) is 24.3. The van der Waals surface area contributed by atoms with E-state index in [1.54, 1.807) is 14.2 Å². The lowest BCUT2D eigenvalue weighted by Crippen LogP contribution is -2.21. The predicted octanol–water partition coefficient (Wildman–Crippen LogP) is 5.54. The van der Waals surface area contributed by atoms with E-state index < -0.39 is 0 Å². The highest BCUT2D eigenvalue weighted by atomic mass is 16.5. The molecule has 0 saturated heterocycles. The van der Waals surface area contributed by atoms with E-state index in [1.165, 1.54) is 34.2 Å². The number of rotatable bonds is 3. The first kappa shape index (κ1) is 16.4. The first-order valence-corrected chi connectivity index (χ1v) is 9.70. The summed E-state index contributed by atoms with van der Waals surface area (Å²) < 4.78 is 11.3. The van der Waals surface area contributed by atoms with Crippen molar-refractivity contribution < 1.29 is 9.47 Å². The minimum absolute atomic E-state index is 0.402. The van der Waals surface area contributed by atoms with Crippen molar-refractivity contribution in [1.82, 2.24) is 0 Å². The molecular weight excluding hydrogens is 332 g/mol. The van der Waals surface area contributed by atoms with Gasteiger partial charge in [-0.2, -0.15) is 0 Å². The SMILES string of the molecule is COc1cc2c(cc1OC)[C@@H](c1ccccc1)[C@@H]1CCc3ccccc3[C@H]21. The Hall–Kier alpha value is -2.74. The molecule has 0 aromatic heterocycles. The summed E-state index contributed by atoms with van der Waals surface area (Å²) in [6.45, 7) is 0. The third kappa shape index (κ3) is 2.47. The zero-order valence-corrected chi connectivity index (χ0v) is 15.8. The van der Waals surface area contributed by atoms with Crippen LogP contribution in [0.25, 0.3) is 0 Å². The largest absolute Gasteiger partial charge is 0.493 e. The van der Waals surface area contributed by atoms with E-state index >= 15 is 0 Å². The van der Waals surface area contributed by atoms with Crippen molar-refractivity contribution in [2.75, 3.05) is 14.2 Å². The Morgan fingerprint density at radius 1 is 0.704 bits per heavy atom. The molecule has 2 nitrogen and oxygen atoms in total. The summed E-state index contributed by atoms with van der Waals surface area (Å²) in [4.78, 5) is 0. The lowest BCUT2D eigenvalue weighted by atomic mass is 9.71. The monoisotopic (exact) mass is 356 g/mol. The average Bonchev–Trinajstić information content (AvgIpc) is 3.06. The van der Waals surface area contributed by atoms with Crippen LogP contribution in [0.1, 0.15) is 46.1 Å². The Labute approximate surface area is 160 Å². The zero-order chi connectivity index (χ0) is 18.4. The fourth-order valence-corrected chi connectivity index (χ4v) is 5.31. The van der Waals surface area contributed by atoms with E-state index in [-0.39, 0.29) is 0 Å². The van der Waals surface area contributed by atoms with Gasteiger partial charge in [-0.15, -0.1) is 0 Å². The van der Waals surface area contributed by atoms with Crippen LogP contribution in [0.15, 0.2) is 66.7 Å². The minimum atomic E-state index is 0.402. The van der Waals surface area contributed by atoms with Crippen LogP contribution in [0.3, 0.4) is 0 Å². The van der Waals surface area contributed by atoms with Crippen LogP contribution in [-0.2, 0) is 6.42 Å². The van der Waals surface area contributed by atoms with Gasteiger partial charge in [-0.1, -0.05) is 54.6 Å². The van der Waals surface area contributed by atoms with Gasteiger partial charge in [-0.3, -0.25) is 0 Å². The molecule has 2 aliphatic rings. The molecule has 3 aromatic rings. The number of ether oxygens (including phenoxy) is 2. The first-order valence-electron chi connectivity index (χ1n) is 9.70. The second kappa shape index (κ2) is 6.45. The van der Waals surface area contributed by atoms with Gasteiger partial charge in [-0.25, -0.2) is 0 Å². The van der Waals surface area contributed by atoms with E-state index in [0.29, 0.717) is 17.8 Å². The van der Waals surface area contributed by atoms with Gasteiger partial charge < -0.3 is 9.47 Å². The molecular formula is C25H24O2. The maximum Gasteiger partial charge on any atom is 0.161 e. The fraction of sp³-hybridized carbons (Fsp3) is 0.280. The van der Waals surface area contributed by atoms with Crippen LogP contribution in [0.4, 0.5) is 0 Å². The molecule has 2 heteroatoms. The van der Waals surface area contributed by atoms with E-state index in [4.69, 9.17) is 9.47 Å². The lowest BCUT2D eigenvalue weighted by molar-refractivity contribution is 0.354. The van der Waals surface area contributed by atoms with Crippen LogP contribution in [0, 0.1) is 5.92 Å². The van der Waals surface area contributed by atoms with Crippen molar-refractivity contribution in [3.63, 3.8) is 0 Å². The number of hydrogen-bond acceptors (Lipinski definition) is 2. The van der Waals surface area contributed by atoms with Crippen LogP contribution >= 0.6 is 0 Å². The average molecular weight is 356 g/mol. The zero-order valence-electron chi connectivity index (χ0n) is 15.8. The second-order valence-corrected chi connectivity index (χ2v) is 7.60. The summed E-state index contributed by atoms with van der Waals surface area (Å²) in [5.74, 6) is 3.05. The quantitative estimate of drug-likeness (QED) is 0.613. The Morgan fingerprint density at radius 2 is 1.33 bits per heavy atom. The number of fused-ring (bicyclic) bond motifs is 5. The molecule has 0 heterocycles. The molecule has 0 N–H and O–H groups in total. The van der Waals surface area contributed by atoms with Gasteiger partial charge in [0.2, 0.25) is 0 Å². The molecule has 0 unspecified atom stereocenters. The summed E-state index contributed by atoms with van der Waals surface area (Å²) in [5, 5.41) is 0. The third-order valence-electron chi connectivity index (χ3n) is 6.41. The van der Waals surface area contributed by atoms with Crippen LogP contribution in [0.5, 0.6) is 11.5 Å². The predicted molar refractivity (Wildman–Crippen MR) is 108 cm³/mol. The fourth-order valence-electron chi connectivity index (χ4n) is 5.31. The molecule has 2 aliphatic carbocycles. The molecule has 5 rings (SSSR count). The van der Waals surface area contributed by atoms with Crippen LogP contribution in [0.2, 0.25) is 0 Å². The smallest absolute Gasteiger partial charge is 0.161 e. The topological polar surface area (TPSA) is 18.5 Å². The molecule has 136 valence electrons. The van der Waals surface area contributed by atoms with Crippen molar-refractivity contribution in [1.29, 1.82) is 0 Å². The number of benzene rings is 3. The second-order valence-electron chi connectivity index (χ2n) is 7.60. The van der Waals surface area contributed by atoms with Gasteiger partial charge in [0.25, 0.3) is 0 Å². The number of methoxy groups -OCH3 is 2. The molecule has 27 heavy (non-hydrogen) atoms. The van der Waals surface area contributed by atoms with Gasteiger partial charge >= 0.3 is 0 Å².